The summed E-state index contributed by atoms with van der Waals surface area (Å²) in [5.41, 5.74) is 0.461. The summed E-state index contributed by atoms with van der Waals surface area (Å²) in [6.07, 6.45) is 0. The molecule has 18 heavy (non-hydrogen) atoms. The average Bonchev–Trinajstić information content (AvgIpc) is 2.29. The molecule has 0 atom stereocenters. The molecular formula is C15H16F2O. The lowest BCUT2D eigenvalue weighted by atomic mass is 9.83. The van der Waals surface area contributed by atoms with Gasteiger partial charge in [-0.15, -0.1) is 0 Å². The minimum atomic E-state index is -3.43. The van der Waals surface area contributed by atoms with Crippen molar-refractivity contribution in [3.05, 3.63) is 41.7 Å². The van der Waals surface area contributed by atoms with Gasteiger partial charge in [-0.3, -0.25) is 0 Å². The summed E-state index contributed by atoms with van der Waals surface area (Å²) in [6.45, 7) is 2.40. The van der Waals surface area contributed by atoms with Crippen LogP contribution >= 0.6 is 0 Å². The minimum Gasteiger partial charge on any atom is -0.459 e. The average molecular weight is 252 g/mol. The number of hydrogen-bond acceptors (Lipinski definition) is 1. The van der Waals surface area contributed by atoms with Crippen molar-refractivity contribution in [3.8, 4) is 5.75 Å². The van der Waals surface area contributed by atoms with E-state index in [2.05, 4.69) is 4.74 Å². The summed E-state index contributed by atoms with van der Waals surface area (Å²) in [5, 5.41) is 1.08. The fourth-order valence-electron chi connectivity index (χ4n) is 2.08. The monoisotopic (exact) mass is 252 g/mol. The van der Waals surface area contributed by atoms with Gasteiger partial charge in [0.15, 0.2) is 11.6 Å². The van der Waals surface area contributed by atoms with Gasteiger partial charge in [-0.2, -0.15) is 0 Å². The number of ether oxygens (including phenoxy) is 1. The Balaban J connectivity index is 2.81. The van der Waals surface area contributed by atoms with Crippen LogP contribution in [0.3, 0.4) is 0 Å². The van der Waals surface area contributed by atoms with Crippen molar-refractivity contribution < 1.29 is 16.3 Å². The van der Waals surface area contributed by atoms with E-state index in [0.717, 1.165) is 11.6 Å². The fourth-order valence-corrected chi connectivity index (χ4v) is 2.08. The van der Waals surface area contributed by atoms with Gasteiger partial charge in [0.05, 0.1) is 0 Å². The zero-order valence-electron chi connectivity index (χ0n) is 12.6. The van der Waals surface area contributed by atoms with Crippen LogP contribution in [0.25, 0.3) is 10.8 Å². The summed E-state index contributed by atoms with van der Waals surface area (Å²) in [5.74, 6) is -1.17. The molecule has 0 N–H and O–H groups in total. The van der Waals surface area contributed by atoms with Gasteiger partial charge in [-0.25, -0.2) is 8.78 Å². The molecule has 2 rings (SSSR count). The van der Waals surface area contributed by atoms with Crippen LogP contribution in [0.2, 0.25) is 0 Å². The molecule has 0 aliphatic carbocycles. The van der Waals surface area contributed by atoms with Gasteiger partial charge in [-0.1, -0.05) is 45.0 Å². The number of rotatable bonds is 2. The number of hydrogen-bond donors (Lipinski definition) is 0. The van der Waals surface area contributed by atoms with E-state index in [4.69, 9.17) is 2.74 Å². The molecule has 0 saturated heterocycles. The van der Waals surface area contributed by atoms with Crippen LogP contribution in [0, 0.1) is 5.82 Å². The van der Waals surface area contributed by atoms with E-state index in [-0.39, 0.29) is 11.2 Å². The molecule has 2 aromatic rings. The standard InChI is InChI=1S/C15H16F2O/c1-15(2,3)11-6-4-5-10-7-8-12(17)14(13(10)11)18-9-16/h4-8H,9H2,1-3H3/i9D2. The minimum absolute atomic E-state index is 0.311. The number of benzene rings is 2. The molecule has 0 spiro atoms. The van der Waals surface area contributed by atoms with Crippen molar-refractivity contribution in [2.45, 2.75) is 26.2 Å². The maximum Gasteiger partial charge on any atom is 0.228 e. The highest BCUT2D eigenvalue weighted by molar-refractivity contribution is 5.92. The second kappa shape index (κ2) is 4.56. The van der Waals surface area contributed by atoms with E-state index in [1.54, 1.807) is 12.1 Å². The molecule has 1 nitrogen and oxygen atoms in total. The Kier molecular flexibility index (Phi) is 2.61. The maximum absolute atomic E-state index is 14.0. The van der Waals surface area contributed by atoms with Crippen LogP contribution in [0.4, 0.5) is 8.78 Å². The fraction of sp³-hybridized carbons (Fsp3) is 0.333. The summed E-state index contributed by atoms with van der Waals surface area (Å²) in [7, 11) is 0. The van der Waals surface area contributed by atoms with Crippen molar-refractivity contribution in [1.82, 2.24) is 0 Å². The van der Waals surface area contributed by atoms with Crippen LogP contribution in [0.1, 0.15) is 29.1 Å². The predicted octanol–water partition coefficient (Wildman–Crippen LogP) is 4.58. The van der Waals surface area contributed by atoms with Crippen LogP contribution in [0.5, 0.6) is 5.75 Å². The topological polar surface area (TPSA) is 9.23 Å². The lowest BCUT2D eigenvalue weighted by molar-refractivity contribution is 0.186. The molecule has 0 aliphatic rings. The van der Waals surface area contributed by atoms with E-state index in [1.165, 1.54) is 0 Å². The zero-order valence-corrected chi connectivity index (χ0v) is 10.6. The van der Waals surface area contributed by atoms with Crippen LogP contribution in [-0.4, -0.2) is 6.81 Å². The summed E-state index contributed by atoms with van der Waals surface area (Å²) in [4.78, 5) is 0. The molecule has 3 heteroatoms. The van der Waals surface area contributed by atoms with E-state index < -0.39 is 12.6 Å². The van der Waals surface area contributed by atoms with Gasteiger partial charge in [0.25, 0.3) is 0 Å². The Morgan fingerprint density at radius 2 is 1.94 bits per heavy atom. The van der Waals surface area contributed by atoms with E-state index >= 15 is 0 Å². The normalized spacial score (nSPS) is 14.3. The van der Waals surface area contributed by atoms with Gasteiger partial charge >= 0.3 is 0 Å². The molecule has 0 amide bonds. The smallest absolute Gasteiger partial charge is 0.228 e. The molecular weight excluding hydrogens is 234 g/mol. The summed E-state index contributed by atoms with van der Waals surface area (Å²) in [6, 6.07) is 8.11. The van der Waals surface area contributed by atoms with Gasteiger partial charge in [-0.05, 0) is 22.4 Å². The molecule has 0 saturated carbocycles. The molecule has 0 fully saturated rings. The quantitative estimate of drug-likeness (QED) is 0.760. The maximum atomic E-state index is 14.0. The Labute approximate surface area is 108 Å². The largest absolute Gasteiger partial charge is 0.459 e. The van der Waals surface area contributed by atoms with Crippen molar-refractivity contribution in [3.63, 3.8) is 0 Å². The Morgan fingerprint density at radius 1 is 1.22 bits per heavy atom. The highest BCUT2D eigenvalue weighted by Gasteiger charge is 2.21. The van der Waals surface area contributed by atoms with E-state index in [0.29, 0.717) is 10.8 Å². The first-order chi connectivity index (χ1) is 9.09. The highest BCUT2D eigenvalue weighted by atomic mass is 19.1. The first-order valence-electron chi connectivity index (χ1n) is 6.69. The third-order valence-corrected chi connectivity index (χ3v) is 2.90. The molecule has 0 unspecified atom stereocenters. The third kappa shape index (κ3) is 2.17. The van der Waals surface area contributed by atoms with Gasteiger partial charge < -0.3 is 4.74 Å². The molecule has 0 heterocycles. The Hall–Kier alpha value is -1.64. The molecule has 2 aromatic carbocycles. The second-order valence-corrected chi connectivity index (χ2v) is 5.21. The molecule has 0 bridgehead atoms. The van der Waals surface area contributed by atoms with Crippen LogP contribution < -0.4 is 4.74 Å². The SMILES string of the molecule is [2H]C([2H])(F)Oc1c(F)ccc2cccc(C(C)(C)C)c12. The van der Waals surface area contributed by atoms with Gasteiger partial charge in [0, 0.05) is 5.39 Å². The van der Waals surface area contributed by atoms with E-state index in [9.17, 15) is 8.78 Å². The Morgan fingerprint density at radius 3 is 2.56 bits per heavy atom. The molecule has 0 aromatic heterocycles. The van der Waals surface area contributed by atoms with Crippen molar-refractivity contribution in [2.75, 3.05) is 6.81 Å². The van der Waals surface area contributed by atoms with Crippen molar-refractivity contribution >= 4 is 10.8 Å². The number of halogens is 2. The van der Waals surface area contributed by atoms with Crippen LogP contribution in [0.15, 0.2) is 30.3 Å². The first kappa shape index (κ1) is 10.3. The third-order valence-electron chi connectivity index (χ3n) is 2.90. The number of fused-ring (bicyclic) bond motifs is 1. The first-order valence-corrected chi connectivity index (χ1v) is 5.69. The van der Waals surface area contributed by atoms with Crippen molar-refractivity contribution in [2.24, 2.45) is 0 Å². The van der Waals surface area contributed by atoms with Gasteiger partial charge in [0.1, 0.15) is 2.74 Å². The van der Waals surface area contributed by atoms with E-state index in [1.807, 2.05) is 32.9 Å². The van der Waals surface area contributed by atoms with Crippen LogP contribution in [-0.2, 0) is 5.41 Å². The number of alkyl halides is 1. The van der Waals surface area contributed by atoms with Crippen molar-refractivity contribution in [1.29, 1.82) is 0 Å². The predicted molar refractivity (Wildman–Crippen MR) is 69.2 cm³/mol. The molecule has 0 aliphatic heterocycles. The summed E-state index contributed by atoms with van der Waals surface area (Å²) < 4.78 is 45.4. The van der Waals surface area contributed by atoms with Gasteiger partial charge in [0.2, 0.25) is 6.81 Å². The highest BCUT2D eigenvalue weighted by Crippen LogP contribution is 2.37. The lowest BCUT2D eigenvalue weighted by Crippen LogP contribution is -2.12. The second-order valence-electron chi connectivity index (χ2n) is 5.21. The lowest BCUT2D eigenvalue weighted by Gasteiger charge is -2.22. The molecule has 96 valence electrons. The summed E-state index contributed by atoms with van der Waals surface area (Å²) >= 11 is 0. The molecule has 0 radical (unpaired) electrons. The zero-order chi connectivity index (χ0) is 15.1. The Bertz CT molecular complexity index is 643.